The topological polar surface area (TPSA) is 103 Å². The summed E-state index contributed by atoms with van der Waals surface area (Å²) in [6.07, 6.45) is 6.53. The number of hydrogen-bond donors (Lipinski definition) is 1. The fraction of sp³-hybridized carbons (Fsp3) is 0.174. The number of nitrogens with zero attached hydrogens (tertiary/aromatic N) is 1. The van der Waals surface area contributed by atoms with Crippen molar-refractivity contribution in [3.8, 4) is 35.3 Å². The minimum atomic E-state index is -0.944. The zero-order chi connectivity index (χ0) is 24.1. The highest BCUT2D eigenvalue weighted by molar-refractivity contribution is 6.39. The number of imide groups is 2. The van der Waals surface area contributed by atoms with Crippen LogP contribution in [0.25, 0.3) is 6.08 Å². The number of barbiturate groups is 1. The van der Waals surface area contributed by atoms with Gasteiger partial charge in [-0.3, -0.25) is 14.9 Å². The van der Waals surface area contributed by atoms with Crippen LogP contribution < -0.4 is 29.2 Å². The monoisotopic (exact) mass is 470 g/mol. The second-order valence-corrected chi connectivity index (χ2v) is 6.93. The van der Waals surface area contributed by atoms with Gasteiger partial charge in [0.25, 0.3) is 11.8 Å². The Morgan fingerprint density at radius 1 is 1.00 bits per heavy atom. The Labute approximate surface area is 194 Å². The maximum atomic E-state index is 13.2. The van der Waals surface area contributed by atoms with Crippen LogP contribution in [0.4, 0.5) is 10.5 Å². The van der Waals surface area contributed by atoms with Crippen LogP contribution in [-0.2, 0) is 9.59 Å². The van der Waals surface area contributed by atoms with E-state index in [0.717, 1.165) is 4.90 Å². The molecule has 1 fully saturated rings. The van der Waals surface area contributed by atoms with Crippen molar-refractivity contribution in [1.82, 2.24) is 5.32 Å². The third kappa shape index (κ3) is 4.71. The van der Waals surface area contributed by atoms with E-state index in [1.165, 1.54) is 39.5 Å². The SMILES string of the molecule is C#CCOc1ccc(C=C2C(=O)NC(=O)N(c3cc(OC)c(Cl)cc3OC)C2=O)cc1OC. The lowest BCUT2D eigenvalue weighted by atomic mass is 10.1. The molecule has 1 aliphatic heterocycles. The van der Waals surface area contributed by atoms with Crippen molar-refractivity contribution in [1.29, 1.82) is 0 Å². The quantitative estimate of drug-likeness (QED) is 0.377. The van der Waals surface area contributed by atoms with Gasteiger partial charge in [0.2, 0.25) is 0 Å². The molecule has 3 rings (SSSR count). The van der Waals surface area contributed by atoms with Crippen LogP contribution >= 0.6 is 11.6 Å². The molecule has 4 amide bonds. The Hall–Kier alpha value is -4.16. The summed E-state index contributed by atoms with van der Waals surface area (Å²) in [6, 6.07) is 6.58. The predicted octanol–water partition coefficient (Wildman–Crippen LogP) is 3.04. The van der Waals surface area contributed by atoms with Gasteiger partial charge in [-0.2, -0.15) is 0 Å². The molecule has 0 spiro atoms. The first-order valence-electron chi connectivity index (χ1n) is 9.41. The Balaban J connectivity index is 2.05. The van der Waals surface area contributed by atoms with Gasteiger partial charge in [0, 0.05) is 12.1 Å². The number of halogens is 1. The van der Waals surface area contributed by atoms with E-state index in [-0.39, 0.29) is 34.4 Å². The Morgan fingerprint density at radius 3 is 2.33 bits per heavy atom. The predicted molar refractivity (Wildman–Crippen MR) is 121 cm³/mol. The molecule has 170 valence electrons. The van der Waals surface area contributed by atoms with Crippen LogP contribution in [-0.4, -0.2) is 45.8 Å². The molecule has 2 aromatic carbocycles. The van der Waals surface area contributed by atoms with Crippen LogP contribution in [0, 0.1) is 12.3 Å². The van der Waals surface area contributed by atoms with Crippen molar-refractivity contribution in [2.75, 3.05) is 32.8 Å². The van der Waals surface area contributed by atoms with Gasteiger partial charge in [0.1, 0.15) is 23.7 Å². The first kappa shape index (κ1) is 23.5. The number of carbonyl (C=O) groups is 3. The summed E-state index contributed by atoms with van der Waals surface area (Å²) in [4.78, 5) is 39.1. The summed E-state index contributed by atoms with van der Waals surface area (Å²) in [5.74, 6) is 1.72. The number of nitrogens with one attached hydrogen (secondary N) is 1. The number of rotatable bonds is 7. The molecule has 0 saturated carbocycles. The van der Waals surface area contributed by atoms with Crippen LogP contribution in [0.5, 0.6) is 23.0 Å². The van der Waals surface area contributed by atoms with Crippen LogP contribution in [0.1, 0.15) is 5.56 Å². The van der Waals surface area contributed by atoms with Crippen molar-refractivity contribution in [3.63, 3.8) is 0 Å². The fourth-order valence-corrected chi connectivity index (χ4v) is 3.31. The molecule has 0 bridgehead atoms. The smallest absolute Gasteiger partial charge is 0.336 e. The molecular formula is C23H19ClN2O7. The minimum Gasteiger partial charge on any atom is -0.495 e. The van der Waals surface area contributed by atoms with E-state index in [9.17, 15) is 14.4 Å². The van der Waals surface area contributed by atoms with Gasteiger partial charge in [-0.1, -0.05) is 23.6 Å². The summed E-state index contributed by atoms with van der Waals surface area (Å²) in [5.41, 5.74) is 0.216. The summed E-state index contributed by atoms with van der Waals surface area (Å²) in [7, 11) is 4.18. The molecule has 1 aliphatic rings. The largest absolute Gasteiger partial charge is 0.495 e. The van der Waals surface area contributed by atoms with Gasteiger partial charge in [0.15, 0.2) is 11.5 Å². The molecule has 1 N–H and O–H groups in total. The first-order valence-corrected chi connectivity index (χ1v) is 9.79. The summed E-state index contributed by atoms with van der Waals surface area (Å²) in [6.45, 7) is 0.0428. The number of anilines is 1. The molecule has 0 radical (unpaired) electrons. The van der Waals surface area contributed by atoms with Crippen LogP contribution in [0.15, 0.2) is 35.9 Å². The molecule has 2 aromatic rings. The lowest BCUT2D eigenvalue weighted by molar-refractivity contribution is -0.122. The average molecular weight is 471 g/mol. The number of carbonyl (C=O) groups excluding carboxylic acids is 3. The maximum absolute atomic E-state index is 13.2. The van der Waals surface area contributed by atoms with E-state index in [4.69, 9.17) is 37.0 Å². The number of hydrogen-bond acceptors (Lipinski definition) is 7. The van der Waals surface area contributed by atoms with E-state index >= 15 is 0 Å². The molecule has 0 aromatic heterocycles. The lowest BCUT2D eigenvalue weighted by Crippen LogP contribution is -2.54. The van der Waals surface area contributed by atoms with E-state index in [1.54, 1.807) is 18.2 Å². The van der Waals surface area contributed by atoms with Crippen LogP contribution in [0.3, 0.4) is 0 Å². The summed E-state index contributed by atoms with van der Waals surface area (Å²) < 4.78 is 21.1. The molecule has 9 nitrogen and oxygen atoms in total. The number of methoxy groups -OCH3 is 3. The van der Waals surface area contributed by atoms with Gasteiger partial charge in [-0.05, 0) is 23.8 Å². The molecule has 1 heterocycles. The van der Waals surface area contributed by atoms with Crippen molar-refractivity contribution in [2.24, 2.45) is 0 Å². The first-order chi connectivity index (χ1) is 15.8. The number of terminal acetylenes is 1. The highest BCUT2D eigenvalue weighted by Gasteiger charge is 2.38. The Morgan fingerprint density at radius 2 is 1.70 bits per heavy atom. The molecule has 0 aliphatic carbocycles. The second-order valence-electron chi connectivity index (χ2n) is 6.52. The van der Waals surface area contributed by atoms with Gasteiger partial charge < -0.3 is 18.9 Å². The second kappa shape index (κ2) is 9.97. The minimum absolute atomic E-state index is 0.0428. The van der Waals surface area contributed by atoms with Crippen molar-refractivity contribution >= 4 is 41.2 Å². The number of benzene rings is 2. The Bertz CT molecular complexity index is 1200. The molecule has 0 atom stereocenters. The van der Waals surface area contributed by atoms with Gasteiger partial charge >= 0.3 is 6.03 Å². The third-order valence-electron chi connectivity index (χ3n) is 4.61. The van der Waals surface area contributed by atoms with Gasteiger partial charge in [-0.15, -0.1) is 6.42 Å². The molecular weight excluding hydrogens is 452 g/mol. The summed E-state index contributed by atoms with van der Waals surface area (Å²) >= 11 is 6.12. The van der Waals surface area contributed by atoms with E-state index in [0.29, 0.717) is 17.1 Å². The van der Waals surface area contributed by atoms with E-state index < -0.39 is 17.8 Å². The van der Waals surface area contributed by atoms with E-state index in [2.05, 4.69) is 11.2 Å². The maximum Gasteiger partial charge on any atom is 0.336 e. The van der Waals surface area contributed by atoms with Crippen LogP contribution in [0.2, 0.25) is 5.02 Å². The molecule has 10 heteroatoms. The fourth-order valence-electron chi connectivity index (χ4n) is 3.07. The molecule has 33 heavy (non-hydrogen) atoms. The zero-order valence-corrected chi connectivity index (χ0v) is 18.7. The normalized spacial score (nSPS) is 14.6. The third-order valence-corrected chi connectivity index (χ3v) is 4.90. The van der Waals surface area contributed by atoms with Gasteiger partial charge in [-0.25, -0.2) is 9.69 Å². The van der Waals surface area contributed by atoms with Crippen molar-refractivity contribution < 1.29 is 33.3 Å². The molecule has 0 unspecified atom stereocenters. The standard InChI is InChI=1S/C23H19ClN2O7/c1-5-8-33-17-7-6-13(10-20(17)32-4)9-14-21(27)25-23(29)26(22(14)28)16-12-18(30-2)15(24)11-19(16)31-3/h1,6-7,9-12H,8H2,2-4H3,(H,25,27,29). The lowest BCUT2D eigenvalue weighted by Gasteiger charge is -2.28. The van der Waals surface area contributed by atoms with Crippen molar-refractivity contribution in [3.05, 3.63) is 46.5 Å². The number of ether oxygens (including phenoxy) is 4. The number of amides is 4. The van der Waals surface area contributed by atoms with E-state index in [1.807, 2.05) is 0 Å². The van der Waals surface area contributed by atoms with Gasteiger partial charge in [0.05, 0.1) is 32.0 Å². The molecule has 1 saturated heterocycles. The zero-order valence-electron chi connectivity index (χ0n) is 17.9. The average Bonchev–Trinajstić information content (AvgIpc) is 2.81. The number of urea groups is 1. The summed E-state index contributed by atoms with van der Waals surface area (Å²) in [5, 5.41) is 2.37. The highest BCUT2D eigenvalue weighted by atomic mass is 35.5. The van der Waals surface area contributed by atoms with Crippen molar-refractivity contribution in [2.45, 2.75) is 0 Å². The highest BCUT2D eigenvalue weighted by Crippen LogP contribution is 2.39. The Kier molecular flexibility index (Phi) is 7.10.